The Morgan fingerprint density at radius 1 is 1.19 bits per heavy atom. The third-order valence-corrected chi connectivity index (χ3v) is 4.98. The van der Waals surface area contributed by atoms with Gasteiger partial charge in [-0.3, -0.25) is 0 Å². The fourth-order valence-corrected chi connectivity index (χ4v) is 3.43. The van der Waals surface area contributed by atoms with Crippen molar-refractivity contribution >= 4 is 17.3 Å². The molecule has 3 rings (SSSR count). The van der Waals surface area contributed by atoms with Crippen molar-refractivity contribution in [3.05, 3.63) is 41.7 Å². The lowest BCUT2D eigenvalue weighted by atomic mass is 9.79. The summed E-state index contributed by atoms with van der Waals surface area (Å²) in [6.45, 7) is 4.71. The zero-order valence-electron chi connectivity index (χ0n) is 12.6. The molecule has 1 heterocycles. The molecule has 0 saturated heterocycles. The zero-order valence-corrected chi connectivity index (χ0v) is 13.3. The molecule has 1 aromatic heterocycles. The Balaban J connectivity index is 1.85. The normalized spacial score (nSPS) is 25.8. The van der Waals surface area contributed by atoms with Crippen molar-refractivity contribution in [2.24, 2.45) is 11.8 Å². The van der Waals surface area contributed by atoms with Crippen molar-refractivity contribution < 1.29 is 0 Å². The van der Waals surface area contributed by atoms with Gasteiger partial charge >= 0.3 is 0 Å². The molecule has 1 aliphatic carbocycles. The fourth-order valence-electron chi connectivity index (χ4n) is 3.16. The third kappa shape index (κ3) is 3.08. The molecule has 1 N–H and O–H groups in total. The predicted molar refractivity (Wildman–Crippen MR) is 88.2 cm³/mol. The Bertz CT molecular complexity index is 594. The topological polar surface area (TPSA) is 29.9 Å². The maximum Gasteiger partial charge on any atom is 0.106 e. The van der Waals surface area contributed by atoms with Gasteiger partial charge in [-0.25, -0.2) is 4.68 Å². The summed E-state index contributed by atoms with van der Waals surface area (Å²) in [7, 11) is 0. The van der Waals surface area contributed by atoms with E-state index >= 15 is 0 Å². The predicted octanol–water partition coefficient (Wildman–Crippen LogP) is 4.76. The average Bonchev–Trinajstić information content (AvgIpc) is 2.97. The van der Waals surface area contributed by atoms with Gasteiger partial charge in [0.15, 0.2) is 0 Å². The summed E-state index contributed by atoms with van der Waals surface area (Å²) in [4.78, 5) is 0. The summed E-state index contributed by atoms with van der Waals surface area (Å²) in [6.07, 6.45) is 7.43. The van der Waals surface area contributed by atoms with Gasteiger partial charge in [-0.1, -0.05) is 31.5 Å². The first-order valence-electron chi connectivity index (χ1n) is 7.70. The molecule has 1 aromatic carbocycles. The average molecular weight is 304 g/mol. The highest BCUT2D eigenvalue weighted by molar-refractivity contribution is 6.33. The van der Waals surface area contributed by atoms with Crippen LogP contribution in [0.4, 0.5) is 5.69 Å². The second kappa shape index (κ2) is 6.10. The molecule has 0 amide bonds. The van der Waals surface area contributed by atoms with Crippen LogP contribution in [0.1, 0.15) is 33.1 Å². The number of nitrogens with zero attached hydrogens (tertiary/aromatic N) is 2. The highest BCUT2D eigenvalue weighted by atomic mass is 35.5. The Morgan fingerprint density at radius 3 is 2.76 bits per heavy atom. The van der Waals surface area contributed by atoms with Gasteiger partial charge in [0.25, 0.3) is 0 Å². The lowest BCUT2D eigenvalue weighted by molar-refractivity contribution is 0.261. The first-order valence-corrected chi connectivity index (χ1v) is 8.08. The van der Waals surface area contributed by atoms with E-state index in [4.69, 9.17) is 11.6 Å². The monoisotopic (exact) mass is 303 g/mol. The molecule has 112 valence electrons. The number of hydrogen-bond donors (Lipinski definition) is 1. The van der Waals surface area contributed by atoms with Crippen molar-refractivity contribution in [2.75, 3.05) is 5.32 Å². The van der Waals surface area contributed by atoms with Crippen LogP contribution in [-0.2, 0) is 0 Å². The minimum absolute atomic E-state index is 0.518. The molecule has 0 bridgehead atoms. The zero-order chi connectivity index (χ0) is 14.8. The van der Waals surface area contributed by atoms with E-state index in [9.17, 15) is 0 Å². The summed E-state index contributed by atoms with van der Waals surface area (Å²) in [5.41, 5.74) is 2.01. The van der Waals surface area contributed by atoms with Crippen LogP contribution in [0, 0.1) is 11.8 Å². The van der Waals surface area contributed by atoms with E-state index in [-0.39, 0.29) is 0 Å². The first kappa shape index (κ1) is 14.5. The quantitative estimate of drug-likeness (QED) is 0.885. The number of rotatable bonds is 3. The SMILES string of the molecule is CC1CCC(Nc2cccc(Cl)c2-n2cccn2)CC1C. The van der Waals surface area contributed by atoms with Gasteiger partial charge in [0.2, 0.25) is 0 Å². The lowest BCUT2D eigenvalue weighted by Gasteiger charge is -2.33. The molecule has 3 nitrogen and oxygen atoms in total. The number of benzene rings is 1. The summed E-state index contributed by atoms with van der Waals surface area (Å²) in [6, 6.07) is 8.43. The van der Waals surface area contributed by atoms with Gasteiger partial charge in [0.05, 0.1) is 10.7 Å². The molecule has 1 saturated carbocycles. The second-order valence-corrected chi connectivity index (χ2v) is 6.60. The van der Waals surface area contributed by atoms with E-state index < -0.39 is 0 Å². The minimum atomic E-state index is 0.518. The Morgan fingerprint density at radius 2 is 2.05 bits per heavy atom. The fraction of sp³-hybridized carbons (Fsp3) is 0.471. The van der Waals surface area contributed by atoms with Crippen LogP contribution in [0.5, 0.6) is 0 Å². The number of aromatic nitrogens is 2. The van der Waals surface area contributed by atoms with Crippen molar-refractivity contribution in [3.63, 3.8) is 0 Å². The van der Waals surface area contributed by atoms with Gasteiger partial charge in [0, 0.05) is 18.4 Å². The van der Waals surface area contributed by atoms with Crippen molar-refractivity contribution in [1.29, 1.82) is 0 Å². The van der Waals surface area contributed by atoms with Gasteiger partial charge < -0.3 is 5.32 Å². The summed E-state index contributed by atoms with van der Waals surface area (Å²) in [5.74, 6) is 1.59. The third-order valence-electron chi connectivity index (χ3n) is 4.68. The Kier molecular flexibility index (Phi) is 4.20. The summed E-state index contributed by atoms with van der Waals surface area (Å²) in [5, 5.41) is 8.73. The minimum Gasteiger partial charge on any atom is -0.381 e. The van der Waals surface area contributed by atoms with Crippen molar-refractivity contribution in [2.45, 2.75) is 39.2 Å². The summed E-state index contributed by atoms with van der Waals surface area (Å²) >= 11 is 6.39. The van der Waals surface area contributed by atoms with Crippen molar-refractivity contribution in [1.82, 2.24) is 9.78 Å². The molecule has 3 atom stereocenters. The molecule has 21 heavy (non-hydrogen) atoms. The van der Waals surface area contributed by atoms with Gasteiger partial charge in [-0.05, 0) is 49.3 Å². The second-order valence-electron chi connectivity index (χ2n) is 6.20. The first-order chi connectivity index (χ1) is 10.1. The highest BCUT2D eigenvalue weighted by Crippen LogP contribution is 2.34. The number of halogens is 1. The molecule has 3 unspecified atom stereocenters. The number of nitrogens with one attached hydrogen (secondary N) is 1. The van der Waals surface area contributed by atoms with Crippen LogP contribution >= 0.6 is 11.6 Å². The number of hydrogen-bond acceptors (Lipinski definition) is 2. The maximum absolute atomic E-state index is 6.39. The molecule has 1 aliphatic rings. The van der Waals surface area contributed by atoms with Crippen LogP contribution < -0.4 is 5.32 Å². The van der Waals surface area contributed by atoms with Crippen LogP contribution in [0.25, 0.3) is 5.69 Å². The van der Waals surface area contributed by atoms with Crippen molar-refractivity contribution in [3.8, 4) is 5.69 Å². The van der Waals surface area contributed by atoms with E-state index in [2.05, 4.69) is 30.3 Å². The van der Waals surface area contributed by atoms with E-state index in [0.717, 1.165) is 28.2 Å². The van der Waals surface area contributed by atoms with Crippen LogP contribution in [-0.4, -0.2) is 15.8 Å². The van der Waals surface area contributed by atoms with E-state index in [1.54, 1.807) is 6.20 Å². The van der Waals surface area contributed by atoms with Gasteiger partial charge in [-0.15, -0.1) is 0 Å². The van der Waals surface area contributed by atoms with E-state index in [0.29, 0.717) is 6.04 Å². The molecular weight excluding hydrogens is 282 g/mol. The molecule has 2 aromatic rings. The van der Waals surface area contributed by atoms with Crippen LogP contribution in [0.3, 0.4) is 0 Å². The molecule has 0 spiro atoms. The maximum atomic E-state index is 6.39. The highest BCUT2D eigenvalue weighted by Gasteiger charge is 2.25. The molecule has 1 fully saturated rings. The Hall–Kier alpha value is -1.48. The number of para-hydroxylation sites is 1. The standard InChI is InChI=1S/C17H22ClN3/c1-12-7-8-14(11-13(12)2)20-16-6-3-5-15(18)17(16)21-10-4-9-19-21/h3-6,9-10,12-14,20H,7-8,11H2,1-2H3. The molecule has 0 radical (unpaired) electrons. The largest absolute Gasteiger partial charge is 0.381 e. The molecular formula is C17H22ClN3. The van der Waals surface area contributed by atoms with E-state index in [1.165, 1.54) is 19.3 Å². The Labute approximate surface area is 131 Å². The number of anilines is 1. The van der Waals surface area contributed by atoms with Crippen LogP contribution in [0.15, 0.2) is 36.7 Å². The van der Waals surface area contributed by atoms with Crippen LogP contribution in [0.2, 0.25) is 5.02 Å². The smallest absolute Gasteiger partial charge is 0.106 e. The summed E-state index contributed by atoms with van der Waals surface area (Å²) < 4.78 is 1.83. The van der Waals surface area contributed by atoms with Gasteiger partial charge in [-0.2, -0.15) is 5.10 Å². The van der Waals surface area contributed by atoms with Gasteiger partial charge in [0.1, 0.15) is 5.69 Å². The van der Waals surface area contributed by atoms with E-state index in [1.807, 2.05) is 29.1 Å². The lowest BCUT2D eigenvalue weighted by Crippen LogP contribution is -2.30. The molecule has 0 aliphatic heterocycles. The molecule has 4 heteroatoms.